The zero-order chi connectivity index (χ0) is 50.6. The fourth-order valence-corrected chi connectivity index (χ4v) is 6.08. The molecule has 0 aromatic carbocycles. The summed E-state index contributed by atoms with van der Waals surface area (Å²) in [7, 11) is 1.58. The maximum absolute atomic E-state index is 11.9. The monoisotopic (exact) mass is 983 g/mol. The second-order valence-electron chi connectivity index (χ2n) is 15.6. The zero-order valence-electron chi connectivity index (χ0n) is 41.7. The van der Waals surface area contributed by atoms with Gasteiger partial charge in [-0.1, -0.05) is 51.4 Å². The lowest BCUT2D eigenvalue weighted by molar-refractivity contribution is -0.142. The number of carbonyl (C=O) groups is 6. The third-order valence-corrected chi connectivity index (χ3v) is 9.91. The van der Waals surface area contributed by atoms with Crippen LogP contribution in [0.15, 0.2) is 0 Å². The molecule has 21 nitrogen and oxygen atoms in total. The quantitative estimate of drug-likeness (QED) is 0.0428. The van der Waals surface area contributed by atoms with Crippen LogP contribution in [0.4, 0.5) is 0 Å². The molecule has 0 unspecified atom stereocenters. The average molecular weight is 983 g/mol. The number of hydrogen-bond donors (Lipinski definition) is 7. The van der Waals surface area contributed by atoms with Gasteiger partial charge in [0.05, 0.1) is 92.5 Å². The minimum atomic E-state index is -1.22. The Morgan fingerprint density at radius 3 is 1.22 bits per heavy atom. The lowest BCUT2D eigenvalue weighted by Gasteiger charge is -2.15. The van der Waals surface area contributed by atoms with Crippen molar-refractivity contribution >= 4 is 35.6 Å². The molecule has 0 radical (unpaired) electrons. The van der Waals surface area contributed by atoms with Gasteiger partial charge in [-0.15, -0.1) is 0 Å². The van der Waals surface area contributed by atoms with E-state index in [1.807, 2.05) is 13.8 Å². The number of unbranched alkanes of at least 4 members (excludes halogenated alkanes) is 10. The Bertz CT molecular complexity index is 1220. The predicted molar refractivity (Wildman–Crippen MR) is 255 cm³/mol. The number of aliphatic carboxylic acids is 3. The SMILES string of the molecule is CCOCCOCCOCCC(=O)N[C@@H](CCC(=O)NCCCC[C@H](NC)C(=O)O)C(=O)O.CCOCCOCCOCCOCCOCCNC(=O)CCCCCCCCCCCCC(=O)O. The van der Waals surface area contributed by atoms with Gasteiger partial charge in [-0.3, -0.25) is 24.0 Å². The van der Waals surface area contributed by atoms with Crippen LogP contribution < -0.4 is 21.3 Å². The molecule has 0 rings (SSSR count). The van der Waals surface area contributed by atoms with Gasteiger partial charge in [-0.05, 0) is 59.4 Å². The summed E-state index contributed by atoms with van der Waals surface area (Å²) < 4.78 is 42.5. The highest BCUT2D eigenvalue weighted by Crippen LogP contribution is 2.12. The van der Waals surface area contributed by atoms with Crippen molar-refractivity contribution < 1.29 is 82.0 Å². The molecule has 0 heterocycles. The molecule has 0 spiro atoms. The first-order valence-electron chi connectivity index (χ1n) is 24.8. The molecule has 0 aliphatic carbocycles. The molecule has 0 aromatic heterocycles. The lowest BCUT2D eigenvalue weighted by Crippen LogP contribution is -2.42. The van der Waals surface area contributed by atoms with Gasteiger partial charge >= 0.3 is 17.9 Å². The van der Waals surface area contributed by atoms with Crippen molar-refractivity contribution in [3.8, 4) is 0 Å². The molecule has 400 valence electrons. The number of likely N-dealkylation sites (N-methyl/N-ethyl adjacent to an activating group) is 1. The molecule has 0 aliphatic heterocycles. The fraction of sp³-hybridized carbons (Fsp3) is 0.872. The second-order valence-corrected chi connectivity index (χ2v) is 15.6. The van der Waals surface area contributed by atoms with Gasteiger partial charge in [0.15, 0.2) is 0 Å². The second kappa shape index (κ2) is 52.8. The van der Waals surface area contributed by atoms with E-state index in [1.54, 1.807) is 7.05 Å². The fourth-order valence-electron chi connectivity index (χ4n) is 6.08. The van der Waals surface area contributed by atoms with Gasteiger partial charge in [0.25, 0.3) is 0 Å². The number of rotatable bonds is 51. The van der Waals surface area contributed by atoms with E-state index in [-0.39, 0.29) is 37.7 Å². The molecule has 0 aromatic rings. The number of ether oxygens (including phenoxy) is 8. The van der Waals surface area contributed by atoms with Gasteiger partial charge in [-0.25, -0.2) is 4.79 Å². The topological polar surface area (TPSA) is 285 Å². The van der Waals surface area contributed by atoms with E-state index in [2.05, 4.69) is 21.3 Å². The van der Waals surface area contributed by atoms with E-state index in [0.29, 0.717) is 144 Å². The third kappa shape index (κ3) is 51.8. The van der Waals surface area contributed by atoms with E-state index in [9.17, 15) is 33.9 Å². The predicted octanol–water partition coefficient (Wildman–Crippen LogP) is 3.73. The van der Waals surface area contributed by atoms with Gasteiger partial charge in [0.2, 0.25) is 17.7 Å². The molecule has 0 aliphatic rings. The molecule has 2 atom stereocenters. The Morgan fingerprint density at radius 2 is 0.779 bits per heavy atom. The molecule has 7 N–H and O–H groups in total. The summed E-state index contributed by atoms with van der Waals surface area (Å²) in [6.07, 6.45) is 13.4. The highest BCUT2D eigenvalue weighted by Gasteiger charge is 2.21. The van der Waals surface area contributed by atoms with Crippen molar-refractivity contribution in [2.24, 2.45) is 0 Å². The Balaban J connectivity index is 0. The van der Waals surface area contributed by atoms with Crippen LogP contribution >= 0.6 is 0 Å². The van der Waals surface area contributed by atoms with Gasteiger partial charge in [-0.2, -0.15) is 0 Å². The highest BCUT2D eigenvalue weighted by molar-refractivity contribution is 5.84. The van der Waals surface area contributed by atoms with Crippen molar-refractivity contribution in [1.29, 1.82) is 0 Å². The first kappa shape index (κ1) is 66.5. The largest absolute Gasteiger partial charge is 0.481 e. The summed E-state index contributed by atoms with van der Waals surface area (Å²) in [6.45, 7) is 12.7. The maximum Gasteiger partial charge on any atom is 0.326 e. The third-order valence-electron chi connectivity index (χ3n) is 9.91. The maximum atomic E-state index is 11.9. The van der Waals surface area contributed by atoms with Gasteiger partial charge < -0.3 is 74.5 Å². The first-order valence-corrected chi connectivity index (χ1v) is 24.8. The molecule has 21 heteroatoms. The molecular formula is C47H90N4O17. The zero-order valence-corrected chi connectivity index (χ0v) is 41.7. The molecule has 0 saturated heterocycles. The summed E-state index contributed by atoms with van der Waals surface area (Å²) in [5, 5.41) is 37.4. The average Bonchev–Trinajstić information content (AvgIpc) is 3.31. The summed E-state index contributed by atoms with van der Waals surface area (Å²) in [4.78, 5) is 68.4. The summed E-state index contributed by atoms with van der Waals surface area (Å²) in [5.41, 5.74) is 0. The van der Waals surface area contributed by atoms with Crippen LogP contribution in [0, 0.1) is 0 Å². The van der Waals surface area contributed by atoms with Crippen LogP contribution in [-0.4, -0.2) is 189 Å². The number of amides is 3. The molecule has 3 amide bonds. The van der Waals surface area contributed by atoms with Gasteiger partial charge in [0.1, 0.15) is 12.1 Å². The smallest absolute Gasteiger partial charge is 0.326 e. The standard InChI is InChI=1S/C26H51NO8.C21H39N3O9/c1-2-31-17-18-33-21-22-35-24-23-34-20-19-32-16-15-27-25(28)13-11-9-7-5-3-4-6-8-10-12-14-26(29)30;1-3-31-12-13-33-15-14-32-11-9-19(26)24-17(21(29)30)7-8-18(25)23-10-5-4-6-16(22-2)20(27)28/h2-24H2,1H3,(H,27,28)(H,29,30);16-17,22H,3-15H2,1-2H3,(H,23,25)(H,24,26)(H,27,28)(H,29,30)/t;16-,17-/m.0/s1. The number of carboxylic acids is 3. The van der Waals surface area contributed by atoms with Gasteiger partial charge in [0, 0.05) is 52.0 Å². The normalized spacial score (nSPS) is 11.9. The first-order chi connectivity index (χ1) is 33.0. The lowest BCUT2D eigenvalue weighted by atomic mass is 10.1. The Labute approximate surface area is 405 Å². The van der Waals surface area contributed by atoms with Crippen LogP contribution in [0.25, 0.3) is 0 Å². The van der Waals surface area contributed by atoms with E-state index < -0.39 is 35.9 Å². The van der Waals surface area contributed by atoms with Crippen molar-refractivity contribution in [3.63, 3.8) is 0 Å². The Kier molecular flexibility index (Phi) is 51.7. The van der Waals surface area contributed by atoms with E-state index in [4.69, 9.17) is 48.1 Å². The summed E-state index contributed by atoms with van der Waals surface area (Å²) in [6, 6.07) is -1.79. The Hall–Kier alpha value is -3.54. The van der Waals surface area contributed by atoms with Crippen LogP contribution in [0.1, 0.15) is 129 Å². The van der Waals surface area contributed by atoms with Crippen LogP contribution in [0.2, 0.25) is 0 Å². The van der Waals surface area contributed by atoms with Crippen LogP contribution in [0.5, 0.6) is 0 Å². The van der Waals surface area contributed by atoms with E-state index in [0.717, 1.165) is 32.1 Å². The number of hydrogen-bond acceptors (Lipinski definition) is 15. The Morgan fingerprint density at radius 1 is 0.382 bits per heavy atom. The minimum absolute atomic E-state index is 0.00111. The number of carboxylic acid groups (broad SMARTS) is 3. The van der Waals surface area contributed by atoms with Crippen molar-refractivity contribution in [1.82, 2.24) is 21.3 Å². The van der Waals surface area contributed by atoms with Crippen molar-refractivity contribution in [2.45, 2.75) is 142 Å². The molecule has 68 heavy (non-hydrogen) atoms. The molecule has 0 fully saturated rings. The van der Waals surface area contributed by atoms with Crippen LogP contribution in [-0.2, 0) is 66.7 Å². The van der Waals surface area contributed by atoms with E-state index in [1.165, 1.54) is 32.1 Å². The van der Waals surface area contributed by atoms with E-state index >= 15 is 0 Å². The number of carbonyl (C=O) groups excluding carboxylic acids is 3. The minimum Gasteiger partial charge on any atom is -0.481 e. The summed E-state index contributed by atoms with van der Waals surface area (Å²) >= 11 is 0. The molecule has 0 bridgehead atoms. The number of nitrogens with one attached hydrogen (secondary N) is 4. The van der Waals surface area contributed by atoms with Crippen molar-refractivity contribution in [3.05, 3.63) is 0 Å². The molecule has 0 saturated carbocycles. The summed E-state index contributed by atoms with van der Waals surface area (Å²) in [5.74, 6) is -3.55. The highest BCUT2D eigenvalue weighted by atomic mass is 16.6. The van der Waals surface area contributed by atoms with Crippen LogP contribution in [0.3, 0.4) is 0 Å². The molecular weight excluding hydrogens is 893 g/mol. The van der Waals surface area contributed by atoms with Crippen molar-refractivity contribution in [2.75, 3.05) is 126 Å².